The highest BCUT2D eigenvalue weighted by Gasteiger charge is 2.32. The number of rotatable bonds is 7. The number of amides is 1. The van der Waals surface area contributed by atoms with E-state index in [0.717, 1.165) is 11.8 Å². The summed E-state index contributed by atoms with van der Waals surface area (Å²) in [5, 5.41) is 2.93. The SMILES string of the molecule is CC[C@@H](C(=O)N[C@@H](C)c1ccc2c(c1)OCCO2)N(c1ccccc1)S(C)(=O)=O. The minimum atomic E-state index is -3.65. The minimum absolute atomic E-state index is 0.329. The summed E-state index contributed by atoms with van der Waals surface area (Å²) >= 11 is 0. The molecular weight excluding hydrogens is 392 g/mol. The monoisotopic (exact) mass is 418 g/mol. The number of para-hydroxylation sites is 1. The number of hydrogen-bond donors (Lipinski definition) is 1. The van der Waals surface area contributed by atoms with Crippen molar-refractivity contribution in [1.82, 2.24) is 5.32 Å². The maximum atomic E-state index is 13.0. The zero-order valence-electron chi connectivity index (χ0n) is 16.8. The van der Waals surface area contributed by atoms with Gasteiger partial charge in [-0.2, -0.15) is 0 Å². The van der Waals surface area contributed by atoms with Crippen LogP contribution in [0.15, 0.2) is 48.5 Å². The molecule has 0 unspecified atom stereocenters. The van der Waals surface area contributed by atoms with E-state index in [1.165, 1.54) is 4.31 Å². The summed E-state index contributed by atoms with van der Waals surface area (Å²) in [5.41, 5.74) is 1.31. The number of hydrogen-bond acceptors (Lipinski definition) is 5. The molecule has 0 saturated carbocycles. The number of benzene rings is 2. The highest BCUT2D eigenvalue weighted by Crippen LogP contribution is 2.32. The van der Waals surface area contributed by atoms with Crippen LogP contribution in [0.1, 0.15) is 31.9 Å². The van der Waals surface area contributed by atoms with Gasteiger partial charge in [0.05, 0.1) is 18.0 Å². The topological polar surface area (TPSA) is 84.9 Å². The van der Waals surface area contributed by atoms with E-state index >= 15 is 0 Å². The van der Waals surface area contributed by atoms with E-state index in [0.29, 0.717) is 36.8 Å². The summed E-state index contributed by atoms with van der Waals surface area (Å²) < 4.78 is 37.2. The Labute approximate surface area is 171 Å². The van der Waals surface area contributed by atoms with Crippen molar-refractivity contribution in [2.24, 2.45) is 0 Å². The van der Waals surface area contributed by atoms with Crippen molar-refractivity contribution in [3.05, 3.63) is 54.1 Å². The lowest BCUT2D eigenvalue weighted by Gasteiger charge is -2.31. The summed E-state index contributed by atoms with van der Waals surface area (Å²) in [7, 11) is -3.65. The Morgan fingerprint density at radius 3 is 2.38 bits per heavy atom. The van der Waals surface area contributed by atoms with Crippen LogP contribution in [0, 0.1) is 0 Å². The molecule has 0 aromatic heterocycles. The van der Waals surface area contributed by atoms with Crippen molar-refractivity contribution in [2.75, 3.05) is 23.8 Å². The molecule has 0 radical (unpaired) electrons. The van der Waals surface area contributed by atoms with Gasteiger partial charge in [-0.1, -0.05) is 31.2 Å². The Kier molecular flexibility index (Phi) is 6.32. The smallest absolute Gasteiger partial charge is 0.244 e. The zero-order chi connectivity index (χ0) is 21.0. The van der Waals surface area contributed by atoms with Gasteiger partial charge in [0, 0.05) is 0 Å². The average molecular weight is 419 g/mol. The number of nitrogens with one attached hydrogen (secondary N) is 1. The Balaban J connectivity index is 1.81. The van der Waals surface area contributed by atoms with Crippen LogP contribution in [-0.2, 0) is 14.8 Å². The summed E-state index contributed by atoms with van der Waals surface area (Å²) in [6.07, 6.45) is 1.45. The first-order valence-electron chi connectivity index (χ1n) is 9.55. The molecular formula is C21H26N2O5S. The van der Waals surface area contributed by atoms with Gasteiger partial charge in [0.1, 0.15) is 19.3 Å². The molecule has 2 aromatic rings. The average Bonchev–Trinajstić information content (AvgIpc) is 2.71. The van der Waals surface area contributed by atoms with Gasteiger partial charge in [-0.3, -0.25) is 9.10 Å². The third-order valence-corrected chi connectivity index (χ3v) is 5.95. The lowest BCUT2D eigenvalue weighted by molar-refractivity contribution is -0.122. The van der Waals surface area contributed by atoms with Gasteiger partial charge < -0.3 is 14.8 Å². The molecule has 0 saturated heterocycles. The summed E-state index contributed by atoms with van der Waals surface area (Å²) in [6.45, 7) is 4.64. The molecule has 0 spiro atoms. The molecule has 1 amide bonds. The lowest BCUT2D eigenvalue weighted by atomic mass is 10.1. The molecule has 0 fully saturated rings. The highest BCUT2D eigenvalue weighted by molar-refractivity contribution is 7.92. The number of sulfonamides is 1. The first-order chi connectivity index (χ1) is 13.8. The minimum Gasteiger partial charge on any atom is -0.486 e. The van der Waals surface area contributed by atoms with E-state index < -0.39 is 16.1 Å². The van der Waals surface area contributed by atoms with E-state index in [4.69, 9.17) is 9.47 Å². The second kappa shape index (κ2) is 8.73. The molecule has 2 atom stereocenters. The summed E-state index contributed by atoms with van der Waals surface area (Å²) in [4.78, 5) is 13.0. The predicted octanol–water partition coefficient (Wildman–Crippen LogP) is 2.88. The Bertz CT molecular complexity index is 962. The molecule has 0 bridgehead atoms. The molecule has 8 heteroatoms. The van der Waals surface area contributed by atoms with E-state index in [1.54, 1.807) is 37.3 Å². The molecule has 1 heterocycles. The van der Waals surface area contributed by atoms with Crippen molar-refractivity contribution in [1.29, 1.82) is 0 Å². The van der Waals surface area contributed by atoms with Crippen molar-refractivity contribution in [3.63, 3.8) is 0 Å². The fourth-order valence-electron chi connectivity index (χ4n) is 3.36. The molecule has 3 rings (SSSR count). The van der Waals surface area contributed by atoms with Gasteiger partial charge in [-0.25, -0.2) is 8.42 Å². The molecule has 29 heavy (non-hydrogen) atoms. The first-order valence-corrected chi connectivity index (χ1v) is 11.4. The van der Waals surface area contributed by atoms with Crippen LogP contribution in [0.5, 0.6) is 11.5 Å². The van der Waals surface area contributed by atoms with Crippen LogP contribution in [0.2, 0.25) is 0 Å². The van der Waals surface area contributed by atoms with E-state index in [1.807, 2.05) is 25.1 Å². The third kappa shape index (κ3) is 4.82. The second-order valence-electron chi connectivity index (χ2n) is 6.95. The van der Waals surface area contributed by atoms with Crippen LogP contribution >= 0.6 is 0 Å². The van der Waals surface area contributed by atoms with Gasteiger partial charge in [0.2, 0.25) is 15.9 Å². The van der Waals surface area contributed by atoms with E-state index in [-0.39, 0.29) is 11.9 Å². The number of anilines is 1. The Morgan fingerprint density at radius 1 is 1.10 bits per heavy atom. The quantitative estimate of drug-likeness (QED) is 0.747. The molecule has 1 N–H and O–H groups in total. The van der Waals surface area contributed by atoms with Crippen LogP contribution in [-0.4, -0.2) is 39.8 Å². The number of carbonyl (C=O) groups is 1. The number of carbonyl (C=O) groups excluding carboxylic acids is 1. The largest absolute Gasteiger partial charge is 0.486 e. The van der Waals surface area contributed by atoms with Crippen LogP contribution in [0.25, 0.3) is 0 Å². The maximum Gasteiger partial charge on any atom is 0.244 e. The van der Waals surface area contributed by atoms with Gasteiger partial charge in [0.15, 0.2) is 11.5 Å². The molecule has 7 nitrogen and oxygen atoms in total. The first kappa shape index (κ1) is 21.0. The highest BCUT2D eigenvalue weighted by atomic mass is 32.2. The zero-order valence-corrected chi connectivity index (χ0v) is 17.6. The van der Waals surface area contributed by atoms with Gasteiger partial charge in [0.25, 0.3) is 0 Å². The van der Waals surface area contributed by atoms with Crippen molar-refractivity contribution >= 4 is 21.6 Å². The Morgan fingerprint density at radius 2 is 1.76 bits per heavy atom. The summed E-state index contributed by atoms with van der Waals surface area (Å²) in [5.74, 6) is 0.963. The van der Waals surface area contributed by atoms with E-state index in [2.05, 4.69) is 5.32 Å². The van der Waals surface area contributed by atoms with Crippen LogP contribution < -0.4 is 19.1 Å². The normalized spacial score (nSPS) is 15.3. The molecule has 0 aliphatic carbocycles. The fraction of sp³-hybridized carbons (Fsp3) is 0.381. The standard InChI is InChI=1S/C21H26N2O5S/c1-4-18(23(29(3,25)26)17-8-6-5-7-9-17)21(24)22-15(2)16-10-11-19-20(14-16)28-13-12-27-19/h5-11,14-15,18H,4,12-13H2,1-3H3,(H,22,24)/t15-,18-/m0/s1. The van der Waals surface area contributed by atoms with E-state index in [9.17, 15) is 13.2 Å². The lowest BCUT2D eigenvalue weighted by Crippen LogP contribution is -2.49. The third-order valence-electron chi connectivity index (χ3n) is 4.77. The number of nitrogens with zero attached hydrogens (tertiary/aromatic N) is 1. The number of fused-ring (bicyclic) bond motifs is 1. The summed E-state index contributed by atoms with van der Waals surface area (Å²) in [6, 6.07) is 13.0. The van der Waals surface area contributed by atoms with Crippen molar-refractivity contribution < 1.29 is 22.7 Å². The second-order valence-corrected chi connectivity index (χ2v) is 8.81. The number of ether oxygens (including phenoxy) is 2. The van der Waals surface area contributed by atoms with Gasteiger partial charge >= 0.3 is 0 Å². The molecule has 1 aliphatic rings. The molecule has 1 aliphatic heterocycles. The van der Waals surface area contributed by atoms with Gasteiger partial charge in [-0.05, 0) is 43.2 Å². The predicted molar refractivity (Wildman–Crippen MR) is 112 cm³/mol. The molecule has 2 aromatic carbocycles. The Hall–Kier alpha value is -2.74. The van der Waals surface area contributed by atoms with Gasteiger partial charge in [-0.15, -0.1) is 0 Å². The van der Waals surface area contributed by atoms with Crippen LogP contribution in [0.4, 0.5) is 5.69 Å². The fourth-order valence-corrected chi connectivity index (χ4v) is 4.57. The molecule has 156 valence electrons. The maximum absolute atomic E-state index is 13.0. The van der Waals surface area contributed by atoms with Crippen molar-refractivity contribution in [3.8, 4) is 11.5 Å². The van der Waals surface area contributed by atoms with Crippen LogP contribution in [0.3, 0.4) is 0 Å². The van der Waals surface area contributed by atoms with Crippen molar-refractivity contribution in [2.45, 2.75) is 32.4 Å².